The van der Waals surface area contributed by atoms with Crippen LogP contribution in [0.1, 0.15) is 31.7 Å². The lowest BCUT2D eigenvalue weighted by molar-refractivity contribution is 0.612. The molecule has 1 aromatic heterocycles. The van der Waals surface area contributed by atoms with Crippen molar-refractivity contribution in [3.63, 3.8) is 0 Å². The summed E-state index contributed by atoms with van der Waals surface area (Å²) in [5.74, 6) is 1.50. The number of nitrogens with one attached hydrogen (secondary N) is 1. The molecule has 1 heterocycles. The fourth-order valence-corrected chi connectivity index (χ4v) is 2.24. The van der Waals surface area contributed by atoms with E-state index in [4.69, 9.17) is 0 Å². The topological polar surface area (TPSA) is 28.2 Å². The molecule has 0 radical (unpaired) electrons. The number of hydrogen-bond acceptors (Lipinski definition) is 3. The van der Waals surface area contributed by atoms with Gasteiger partial charge in [-0.1, -0.05) is 6.92 Å². The van der Waals surface area contributed by atoms with E-state index in [0.717, 1.165) is 36.8 Å². The first kappa shape index (κ1) is 13.3. The van der Waals surface area contributed by atoms with Gasteiger partial charge >= 0.3 is 0 Å². The quantitative estimate of drug-likeness (QED) is 0.807. The maximum absolute atomic E-state index is 13.3. The normalized spacial score (nSPS) is 14.8. The van der Waals surface area contributed by atoms with Crippen LogP contribution in [0.25, 0.3) is 0 Å². The van der Waals surface area contributed by atoms with Crippen molar-refractivity contribution in [1.82, 2.24) is 10.3 Å². The van der Waals surface area contributed by atoms with Crippen LogP contribution in [0.5, 0.6) is 0 Å². The Morgan fingerprint density at radius 3 is 2.89 bits per heavy atom. The number of pyridine rings is 1. The highest BCUT2D eigenvalue weighted by atomic mass is 19.1. The number of aromatic nitrogens is 1. The zero-order valence-corrected chi connectivity index (χ0v) is 11.2. The Morgan fingerprint density at radius 1 is 1.50 bits per heavy atom. The van der Waals surface area contributed by atoms with Gasteiger partial charge in [0.1, 0.15) is 11.6 Å². The van der Waals surface area contributed by atoms with Crippen molar-refractivity contribution in [3.8, 4) is 0 Å². The van der Waals surface area contributed by atoms with Crippen molar-refractivity contribution >= 4 is 5.82 Å². The molecule has 18 heavy (non-hydrogen) atoms. The molecule has 0 saturated heterocycles. The Labute approximate surface area is 108 Å². The first-order valence-electron chi connectivity index (χ1n) is 6.78. The lowest BCUT2D eigenvalue weighted by atomic mass is 10.2. The molecule has 4 heteroatoms. The average Bonchev–Trinajstić information content (AvgIpc) is 3.13. The molecule has 3 nitrogen and oxygen atoms in total. The van der Waals surface area contributed by atoms with E-state index in [9.17, 15) is 4.39 Å². The van der Waals surface area contributed by atoms with Crippen molar-refractivity contribution < 1.29 is 4.39 Å². The Bertz CT molecular complexity index is 391. The van der Waals surface area contributed by atoms with Crippen LogP contribution in [0.4, 0.5) is 10.2 Å². The summed E-state index contributed by atoms with van der Waals surface area (Å²) in [7, 11) is 1.87. The third-order valence-electron chi connectivity index (χ3n) is 3.25. The molecule has 1 aliphatic rings. The average molecular weight is 251 g/mol. The molecule has 100 valence electrons. The van der Waals surface area contributed by atoms with Crippen LogP contribution in [-0.2, 0) is 6.54 Å². The second-order valence-electron chi connectivity index (χ2n) is 5.06. The highest BCUT2D eigenvalue weighted by molar-refractivity contribution is 5.47. The van der Waals surface area contributed by atoms with E-state index in [0.29, 0.717) is 6.54 Å². The fraction of sp³-hybridized carbons (Fsp3) is 0.643. The van der Waals surface area contributed by atoms with E-state index in [1.807, 2.05) is 7.05 Å². The van der Waals surface area contributed by atoms with Crippen LogP contribution in [0.15, 0.2) is 12.3 Å². The van der Waals surface area contributed by atoms with Gasteiger partial charge in [-0.2, -0.15) is 0 Å². The molecule has 0 bridgehead atoms. The van der Waals surface area contributed by atoms with Crippen molar-refractivity contribution in [2.45, 2.75) is 32.7 Å². The summed E-state index contributed by atoms with van der Waals surface area (Å²) in [6, 6.07) is 1.59. The predicted molar refractivity (Wildman–Crippen MR) is 72.2 cm³/mol. The van der Waals surface area contributed by atoms with Crippen molar-refractivity contribution in [1.29, 1.82) is 0 Å². The fourth-order valence-electron chi connectivity index (χ4n) is 2.24. The molecule has 0 atom stereocenters. The maximum atomic E-state index is 13.3. The monoisotopic (exact) mass is 251 g/mol. The number of anilines is 1. The zero-order valence-electron chi connectivity index (χ0n) is 11.2. The molecule has 1 N–H and O–H groups in total. The van der Waals surface area contributed by atoms with Gasteiger partial charge in [-0.25, -0.2) is 9.37 Å². The molecule has 1 saturated carbocycles. The van der Waals surface area contributed by atoms with Crippen molar-refractivity contribution in [3.05, 3.63) is 23.6 Å². The molecule has 1 aromatic rings. The highest BCUT2D eigenvalue weighted by Gasteiger charge is 2.25. The van der Waals surface area contributed by atoms with Gasteiger partial charge in [-0.15, -0.1) is 0 Å². The van der Waals surface area contributed by atoms with Gasteiger partial charge in [-0.3, -0.25) is 0 Å². The van der Waals surface area contributed by atoms with E-state index < -0.39 is 0 Å². The Morgan fingerprint density at radius 2 is 2.28 bits per heavy atom. The SMILES string of the molecule is CCCN(CC1CC1)c1ncc(F)cc1CNC. The minimum atomic E-state index is -0.258. The van der Waals surface area contributed by atoms with Gasteiger partial charge in [0.15, 0.2) is 0 Å². The minimum Gasteiger partial charge on any atom is -0.356 e. The van der Waals surface area contributed by atoms with Gasteiger partial charge in [-0.05, 0) is 38.3 Å². The van der Waals surface area contributed by atoms with E-state index in [1.54, 1.807) is 6.07 Å². The smallest absolute Gasteiger partial charge is 0.141 e. The molecule has 0 unspecified atom stereocenters. The molecule has 2 rings (SSSR count). The third-order valence-corrected chi connectivity index (χ3v) is 3.25. The summed E-state index contributed by atoms with van der Waals surface area (Å²) in [5, 5.41) is 3.08. The maximum Gasteiger partial charge on any atom is 0.141 e. The van der Waals surface area contributed by atoms with Crippen LogP contribution < -0.4 is 10.2 Å². The predicted octanol–water partition coefficient (Wildman–Crippen LogP) is 2.57. The van der Waals surface area contributed by atoms with Crippen LogP contribution in [0.2, 0.25) is 0 Å². The third kappa shape index (κ3) is 3.42. The molecular formula is C14H22FN3. The van der Waals surface area contributed by atoms with E-state index in [2.05, 4.69) is 22.1 Å². The van der Waals surface area contributed by atoms with Gasteiger partial charge in [0.2, 0.25) is 0 Å². The Hall–Kier alpha value is -1.16. The van der Waals surface area contributed by atoms with Crippen LogP contribution >= 0.6 is 0 Å². The van der Waals surface area contributed by atoms with Crippen LogP contribution in [-0.4, -0.2) is 25.1 Å². The van der Waals surface area contributed by atoms with Gasteiger partial charge in [0, 0.05) is 25.2 Å². The summed E-state index contributed by atoms with van der Waals surface area (Å²) >= 11 is 0. The second-order valence-corrected chi connectivity index (χ2v) is 5.06. The summed E-state index contributed by atoms with van der Waals surface area (Å²) < 4.78 is 13.3. The standard InChI is InChI=1S/C14H22FN3/c1-3-6-18(10-11-4-5-11)14-12(8-16-2)7-13(15)9-17-14/h7,9,11,16H,3-6,8,10H2,1-2H3. The largest absolute Gasteiger partial charge is 0.356 e. The number of nitrogens with zero attached hydrogens (tertiary/aromatic N) is 2. The minimum absolute atomic E-state index is 0.258. The van der Waals surface area contributed by atoms with Gasteiger partial charge in [0.05, 0.1) is 6.20 Å². The van der Waals surface area contributed by atoms with Crippen molar-refractivity contribution in [2.24, 2.45) is 5.92 Å². The Kier molecular flexibility index (Phi) is 4.53. The molecule has 1 aliphatic carbocycles. The lowest BCUT2D eigenvalue weighted by Crippen LogP contribution is -2.29. The first-order chi connectivity index (χ1) is 8.74. The van der Waals surface area contributed by atoms with E-state index >= 15 is 0 Å². The number of halogens is 1. The van der Waals surface area contributed by atoms with E-state index in [1.165, 1.54) is 19.0 Å². The van der Waals surface area contributed by atoms with Crippen LogP contribution in [0.3, 0.4) is 0 Å². The van der Waals surface area contributed by atoms with Gasteiger partial charge in [0.25, 0.3) is 0 Å². The lowest BCUT2D eigenvalue weighted by Gasteiger charge is -2.25. The Balaban J connectivity index is 2.20. The molecule has 1 fully saturated rings. The number of hydrogen-bond donors (Lipinski definition) is 1. The summed E-state index contributed by atoms with van der Waals surface area (Å²) in [5.41, 5.74) is 0.951. The molecule has 0 spiro atoms. The van der Waals surface area contributed by atoms with E-state index in [-0.39, 0.29) is 5.82 Å². The first-order valence-corrected chi connectivity index (χ1v) is 6.78. The molecule has 0 amide bonds. The second kappa shape index (κ2) is 6.14. The van der Waals surface area contributed by atoms with Crippen molar-refractivity contribution in [2.75, 3.05) is 25.0 Å². The number of rotatable bonds is 7. The molecule has 0 aromatic carbocycles. The molecular weight excluding hydrogens is 229 g/mol. The van der Waals surface area contributed by atoms with Crippen LogP contribution in [0, 0.1) is 11.7 Å². The summed E-state index contributed by atoms with van der Waals surface area (Å²) in [6.45, 7) is 4.88. The molecule has 0 aliphatic heterocycles. The van der Waals surface area contributed by atoms with Gasteiger partial charge < -0.3 is 10.2 Å². The zero-order chi connectivity index (χ0) is 13.0. The summed E-state index contributed by atoms with van der Waals surface area (Å²) in [6.07, 6.45) is 5.06. The highest BCUT2D eigenvalue weighted by Crippen LogP contribution is 2.32. The summed E-state index contributed by atoms with van der Waals surface area (Å²) in [4.78, 5) is 6.62.